The van der Waals surface area contributed by atoms with Crippen molar-refractivity contribution in [2.45, 2.75) is 13.8 Å². The molecule has 0 radical (unpaired) electrons. The molecule has 0 aliphatic rings. The van der Waals surface area contributed by atoms with Gasteiger partial charge in [-0.05, 0) is 55.8 Å². The summed E-state index contributed by atoms with van der Waals surface area (Å²) in [4.78, 5) is 24.1. The summed E-state index contributed by atoms with van der Waals surface area (Å²) in [6.45, 7) is 3.65. The summed E-state index contributed by atoms with van der Waals surface area (Å²) < 4.78 is 16.4. The molecule has 0 aromatic heterocycles. The van der Waals surface area contributed by atoms with Crippen LogP contribution in [0.25, 0.3) is 0 Å². The quantitative estimate of drug-likeness (QED) is 0.478. The summed E-state index contributed by atoms with van der Waals surface area (Å²) in [7, 11) is 0. The van der Waals surface area contributed by atoms with Gasteiger partial charge in [-0.15, -0.1) is 0 Å². The fourth-order valence-corrected chi connectivity index (χ4v) is 2.75. The fraction of sp³-hybridized carbons (Fsp3) is 0.167. The van der Waals surface area contributed by atoms with Gasteiger partial charge in [0.2, 0.25) is 0 Å². The zero-order valence-corrected chi connectivity index (χ0v) is 17.4. The molecule has 0 aliphatic heterocycles. The average Bonchev–Trinajstić information content (AvgIpc) is 2.74. The van der Waals surface area contributed by atoms with Crippen molar-refractivity contribution in [3.05, 3.63) is 78.4 Å². The monoisotopic (exact) mass is 420 g/mol. The van der Waals surface area contributed by atoms with Gasteiger partial charge >= 0.3 is 12.0 Å². The molecule has 7 nitrogen and oxygen atoms in total. The van der Waals surface area contributed by atoms with Crippen LogP contribution >= 0.6 is 0 Å². The number of nitrogens with one attached hydrogen (secondary N) is 2. The number of amides is 2. The number of hydrogen-bond acceptors (Lipinski definition) is 5. The standard InChI is InChI=1S/C24H24N2O5/c1-3-29-23(27)16-30-22-15-19(12-13-21(22)31-20-10-5-4-6-11-20)26-24(28)25-18-9-7-8-17(2)14-18/h4-15H,3,16H2,1-2H3,(H2,25,26,28). The predicted octanol–water partition coefficient (Wildman–Crippen LogP) is 5.37. The van der Waals surface area contributed by atoms with Gasteiger partial charge in [-0.2, -0.15) is 0 Å². The number of carbonyl (C=O) groups is 2. The van der Waals surface area contributed by atoms with Gasteiger partial charge in [-0.3, -0.25) is 0 Å². The molecule has 160 valence electrons. The second kappa shape index (κ2) is 10.7. The molecule has 7 heteroatoms. The Bertz CT molecular complexity index is 1040. The molecular formula is C24H24N2O5. The Hall–Kier alpha value is -4.00. The van der Waals surface area contributed by atoms with Gasteiger partial charge in [-0.25, -0.2) is 9.59 Å². The highest BCUT2D eigenvalue weighted by molar-refractivity contribution is 6.00. The number of aryl methyl sites for hydroxylation is 1. The number of carbonyl (C=O) groups excluding carboxylic acids is 2. The van der Waals surface area contributed by atoms with E-state index < -0.39 is 12.0 Å². The van der Waals surface area contributed by atoms with Gasteiger partial charge in [0, 0.05) is 17.4 Å². The summed E-state index contributed by atoms with van der Waals surface area (Å²) in [5.74, 6) is 0.815. The SMILES string of the molecule is CCOC(=O)COc1cc(NC(=O)Nc2cccc(C)c2)ccc1Oc1ccccc1. The first-order valence-corrected chi connectivity index (χ1v) is 9.83. The molecule has 0 fully saturated rings. The molecule has 0 saturated carbocycles. The Morgan fingerprint density at radius 2 is 1.58 bits per heavy atom. The minimum Gasteiger partial charge on any atom is -0.478 e. The molecule has 0 saturated heterocycles. The van der Waals surface area contributed by atoms with Crippen molar-refractivity contribution in [1.82, 2.24) is 0 Å². The third-order valence-corrected chi connectivity index (χ3v) is 4.10. The molecule has 0 aliphatic carbocycles. The lowest BCUT2D eigenvalue weighted by Crippen LogP contribution is -2.19. The summed E-state index contributed by atoms with van der Waals surface area (Å²) >= 11 is 0. The number of rotatable bonds is 8. The van der Waals surface area contributed by atoms with Crippen molar-refractivity contribution in [3.63, 3.8) is 0 Å². The van der Waals surface area contributed by atoms with E-state index in [0.29, 0.717) is 28.6 Å². The summed E-state index contributed by atoms with van der Waals surface area (Å²) in [6.07, 6.45) is 0. The highest BCUT2D eigenvalue weighted by Crippen LogP contribution is 2.34. The minimum absolute atomic E-state index is 0.260. The van der Waals surface area contributed by atoms with Gasteiger partial charge in [-0.1, -0.05) is 30.3 Å². The molecule has 0 unspecified atom stereocenters. The van der Waals surface area contributed by atoms with Crippen molar-refractivity contribution in [2.24, 2.45) is 0 Å². The largest absolute Gasteiger partial charge is 0.478 e. The highest BCUT2D eigenvalue weighted by Gasteiger charge is 2.12. The van der Waals surface area contributed by atoms with Crippen LogP contribution in [0.15, 0.2) is 72.8 Å². The zero-order valence-electron chi connectivity index (χ0n) is 17.4. The van der Waals surface area contributed by atoms with Crippen LogP contribution in [0.5, 0.6) is 17.2 Å². The van der Waals surface area contributed by atoms with Crippen LogP contribution in [0.1, 0.15) is 12.5 Å². The number of benzene rings is 3. The van der Waals surface area contributed by atoms with Crippen LogP contribution in [0.4, 0.5) is 16.2 Å². The maximum Gasteiger partial charge on any atom is 0.344 e. The van der Waals surface area contributed by atoms with Gasteiger partial charge in [0.25, 0.3) is 0 Å². The second-order valence-corrected chi connectivity index (χ2v) is 6.62. The Balaban J connectivity index is 1.74. The van der Waals surface area contributed by atoms with Gasteiger partial charge in [0.15, 0.2) is 18.1 Å². The first-order valence-electron chi connectivity index (χ1n) is 9.83. The number of esters is 1. The first kappa shape index (κ1) is 21.7. The molecule has 0 heterocycles. The van der Waals surface area contributed by atoms with Crippen LogP contribution in [-0.2, 0) is 9.53 Å². The fourth-order valence-electron chi connectivity index (χ4n) is 2.75. The molecule has 0 atom stereocenters. The molecular weight excluding hydrogens is 396 g/mol. The van der Waals surface area contributed by atoms with Crippen LogP contribution in [0.2, 0.25) is 0 Å². The molecule has 0 bridgehead atoms. The summed E-state index contributed by atoms with van der Waals surface area (Å²) in [5.41, 5.74) is 2.19. The smallest absolute Gasteiger partial charge is 0.344 e. The van der Waals surface area contributed by atoms with Gasteiger partial charge in [0.1, 0.15) is 5.75 Å². The number of anilines is 2. The van der Waals surface area contributed by atoms with E-state index in [4.69, 9.17) is 14.2 Å². The van der Waals surface area contributed by atoms with E-state index in [-0.39, 0.29) is 13.2 Å². The highest BCUT2D eigenvalue weighted by atomic mass is 16.6. The Labute approximate surface area is 180 Å². The average molecular weight is 420 g/mol. The topological polar surface area (TPSA) is 85.9 Å². The van der Waals surface area contributed by atoms with E-state index in [1.165, 1.54) is 0 Å². The van der Waals surface area contributed by atoms with Crippen LogP contribution in [0, 0.1) is 6.92 Å². The zero-order chi connectivity index (χ0) is 22.1. The molecule has 2 N–H and O–H groups in total. The molecule has 31 heavy (non-hydrogen) atoms. The third-order valence-electron chi connectivity index (χ3n) is 4.10. The van der Waals surface area contributed by atoms with Crippen molar-refractivity contribution in [1.29, 1.82) is 0 Å². The normalized spacial score (nSPS) is 10.1. The van der Waals surface area contributed by atoms with Crippen LogP contribution in [-0.4, -0.2) is 25.2 Å². The van der Waals surface area contributed by atoms with Gasteiger partial charge in [0.05, 0.1) is 6.61 Å². The maximum absolute atomic E-state index is 12.4. The lowest BCUT2D eigenvalue weighted by Gasteiger charge is -2.14. The molecule has 2 amide bonds. The van der Waals surface area contributed by atoms with Crippen LogP contribution < -0.4 is 20.1 Å². The summed E-state index contributed by atoms with van der Waals surface area (Å²) in [5, 5.41) is 5.53. The predicted molar refractivity (Wildman–Crippen MR) is 119 cm³/mol. The molecule has 3 aromatic carbocycles. The molecule has 0 spiro atoms. The van der Waals surface area contributed by atoms with E-state index in [1.807, 2.05) is 43.3 Å². The lowest BCUT2D eigenvalue weighted by molar-refractivity contribution is -0.145. The first-order chi connectivity index (χ1) is 15.0. The molecule has 3 rings (SSSR count). The van der Waals surface area contributed by atoms with E-state index in [1.54, 1.807) is 43.3 Å². The molecule has 3 aromatic rings. The Morgan fingerprint density at radius 3 is 2.29 bits per heavy atom. The van der Waals surface area contributed by atoms with E-state index in [9.17, 15) is 9.59 Å². The number of ether oxygens (including phenoxy) is 3. The Morgan fingerprint density at radius 1 is 0.839 bits per heavy atom. The van der Waals surface area contributed by atoms with Crippen molar-refractivity contribution in [3.8, 4) is 17.2 Å². The minimum atomic E-state index is -0.497. The van der Waals surface area contributed by atoms with E-state index in [2.05, 4.69) is 10.6 Å². The third kappa shape index (κ3) is 6.78. The number of para-hydroxylation sites is 1. The maximum atomic E-state index is 12.4. The summed E-state index contributed by atoms with van der Waals surface area (Å²) in [6, 6.07) is 21.2. The van der Waals surface area contributed by atoms with Crippen molar-refractivity contribution in [2.75, 3.05) is 23.8 Å². The van der Waals surface area contributed by atoms with Gasteiger partial charge < -0.3 is 24.8 Å². The van der Waals surface area contributed by atoms with Crippen molar-refractivity contribution >= 4 is 23.4 Å². The van der Waals surface area contributed by atoms with Crippen LogP contribution in [0.3, 0.4) is 0 Å². The Kier molecular flexibility index (Phi) is 7.48. The lowest BCUT2D eigenvalue weighted by atomic mass is 10.2. The second-order valence-electron chi connectivity index (χ2n) is 6.62. The number of urea groups is 1. The van der Waals surface area contributed by atoms with E-state index >= 15 is 0 Å². The van der Waals surface area contributed by atoms with E-state index in [0.717, 1.165) is 5.56 Å². The van der Waals surface area contributed by atoms with Crippen molar-refractivity contribution < 1.29 is 23.8 Å². The number of hydrogen-bond donors (Lipinski definition) is 2.